The van der Waals surface area contributed by atoms with E-state index in [-0.39, 0.29) is 0 Å². The second kappa shape index (κ2) is 18.9. The van der Waals surface area contributed by atoms with Gasteiger partial charge in [-0.15, -0.1) is 0 Å². The Hall–Kier alpha value is -11.0. The fourth-order valence-electron chi connectivity index (χ4n) is 12.3. The molecule has 0 fully saturated rings. The Balaban J connectivity index is 0.847. The molecule has 6 nitrogen and oxygen atoms in total. The van der Waals surface area contributed by atoms with Crippen LogP contribution in [0.4, 0.5) is 34.1 Å². The highest BCUT2D eigenvalue weighted by Crippen LogP contribution is 2.55. The number of hydrogen-bond donors (Lipinski definition) is 0. The van der Waals surface area contributed by atoms with Crippen LogP contribution in [-0.4, -0.2) is 15.0 Å². The van der Waals surface area contributed by atoms with Crippen molar-refractivity contribution in [3.8, 4) is 101 Å². The third kappa shape index (κ3) is 7.76. The lowest BCUT2D eigenvalue weighted by Gasteiger charge is -2.28. The van der Waals surface area contributed by atoms with Crippen LogP contribution in [0.1, 0.15) is 0 Å². The predicted molar refractivity (Wildman–Crippen MR) is 333 cm³/mol. The molecule has 0 aliphatic carbocycles. The molecule has 0 radical (unpaired) electrons. The summed E-state index contributed by atoms with van der Waals surface area (Å²) in [6.45, 7) is 0. The molecule has 0 amide bonds. The van der Waals surface area contributed by atoms with E-state index in [1.54, 1.807) is 0 Å². The Bertz CT molecular complexity index is 4740. The summed E-state index contributed by atoms with van der Waals surface area (Å²) in [6.07, 6.45) is 0. The predicted octanol–water partition coefficient (Wildman–Crippen LogP) is 20.3. The van der Waals surface area contributed by atoms with Gasteiger partial charge in [-0.25, -0.2) is 15.0 Å². The molecule has 16 rings (SSSR count). The van der Waals surface area contributed by atoms with Crippen LogP contribution < -0.4 is 9.80 Å². The second-order valence-electron chi connectivity index (χ2n) is 20.7. The first-order valence-electron chi connectivity index (χ1n) is 27.4. The van der Waals surface area contributed by atoms with Crippen LogP contribution in [0, 0.1) is 0 Å². The molecule has 0 spiro atoms. The van der Waals surface area contributed by atoms with Crippen molar-refractivity contribution in [3.05, 3.63) is 285 Å². The van der Waals surface area contributed by atoms with E-state index in [9.17, 15) is 0 Å². The first-order valence-corrected chi connectivity index (χ1v) is 27.4. The Morgan fingerprint density at radius 1 is 0.235 bits per heavy atom. The zero-order chi connectivity index (χ0) is 53.4. The monoisotopic (exact) mass is 1030 g/mol. The maximum Gasteiger partial charge on any atom is 0.164 e. The van der Waals surface area contributed by atoms with E-state index in [0.717, 1.165) is 117 Å². The zero-order valence-electron chi connectivity index (χ0n) is 43.8. The summed E-state index contributed by atoms with van der Waals surface area (Å²) in [6, 6.07) is 102. The van der Waals surface area contributed by atoms with Gasteiger partial charge < -0.3 is 14.2 Å². The molecule has 0 unspecified atom stereocenters. The summed E-state index contributed by atoms with van der Waals surface area (Å²) >= 11 is 0. The summed E-state index contributed by atoms with van der Waals surface area (Å²) in [5.74, 6) is 1.85. The highest BCUT2D eigenvalue weighted by molar-refractivity contribution is 6.10. The zero-order valence-corrected chi connectivity index (χ0v) is 43.8. The van der Waals surface area contributed by atoms with Gasteiger partial charge in [-0.05, 0) is 106 Å². The second-order valence-corrected chi connectivity index (χ2v) is 20.7. The summed E-state index contributed by atoms with van der Waals surface area (Å²) < 4.78 is 6.59. The number of nitrogens with zero attached hydrogens (tertiary/aromatic N) is 5. The molecule has 81 heavy (non-hydrogen) atoms. The lowest BCUT2D eigenvalue weighted by Crippen LogP contribution is -2.11. The van der Waals surface area contributed by atoms with Crippen LogP contribution in [0.3, 0.4) is 0 Å². The molecule has 0 saturated carbocycles. The number of aromatic nitrogens is 3. The quantitative estimate of drug-likeness (QED) is 0.159. The largest absolute Gasteiger partial charge is 0.455 e. The molecule has 2 aromatic heterocycles. The molecule has 0 bridgehead atoms. The van der Waals surface area contributed by atoms with Crippen LogP contribution in [0.5, 0.6) is 0 Å². The summed E-state index contributed by atoms with van der Waals surface area (Å²) in [5.41, 5.74) is 24.6. The van der Waals surface area contributed by atoms with Gasteiger partial charge in [0.15, 0.2) is 17.5 Å². The van der Waals surface area contributed by atoms with Crippen molar-refractivity contribution in [1.82, 2.24) is 15.0 Å². The van der Waals surface area contributed by atoms with E-state index in [1.165, 1.54) is 22.3 Å². The van der Waals surface area contributed by atoms with Crippen LogP contribution in [0.25, 0.3) is 123 Å². The Kier molecular flexibility index (Phi) is 10.8. The minimum Gasteiger partial charge on any atom is -0.455 e. The number of fused-ring (bicyclic) bond motifs is 13. The average molecular weight is 1030 g/mol. The first kappa shape index (κ1) is 46.2. The van der Waals surface area contributed by atoms with Crippen molar-refractivity contribution in [1.29, 1.82) is 0 Å². The minimum atomic E-state index is 0.603. The molecule has 12 aromatic carbocycles. The standard InChI is InChI=1S/C75H47N5O/c1-3-20-48(21-4-1)73-76-74(49-22-5-2-6-23-49)78-75(77-73)53-25-18-27-55(45-53)80-68-38-15-12-33-62(68)58-29-8-10-31-60(58)66-47-51(41-43-70(66)80)50-40-42-69-65(46-50)59-30-9-7-28-57(59)61-32-11-14-37-67(61)79(69)54-26-17-24-52(44-54)56-35-19-36-64-63-34-13-16-39-71(63)81-72(56)64/h1-47H. The van der Waals surface area contributed by atoms with Gasteiger partial charge in [0.05, 0.1) is 22.7 Å². The van der Waals surface area contributed by atoms with Crippen molar-refractivity contribution in [3.63, 3.8) is 0 Å². The molecule has 378 valence electrons. The molecule has 0 saturated heterocycles. The molecule has 2 aliphatic heterocycles. The number of benzene rings is 12. The number of hydrogen-bond acceptors (Lipinski definition) is 6. The van der Waals surface area contributed by atoms with Crippen molar-refractivity contribution < 1.29 is 4.42 Å². The third-order valence-electron chi connectivity index (χ3n) is 16.0. The SMILES string of the molecule is c1ccc(-c2nc(-c3ccccc3)nc(-c3cccc(N4c5ccccc5-c5ccccc5-c5cc(-c6ccc7c(c6)-c6ccccc6-c6ccccc6N7c6cccc(-c7cccc8c7oc7ccccc78)c6)ccc54)c3)n2)cc1. The lowest BCUT2D eigenvalue weighted by molar-refractivity contribution is 0.670. The van der Waals surface area contributed by atoms with Gasteiger partial charge in [-0.3, -0.25) is 0 Å². The van der Waals surface area contributed by atoms with Crippen molar-refractivity contribution in [2.45, 2.75) is 0 Å². The van der Waals surface area contributed by atoms with E-state index in [1.807, 2.05) is 72.8 Å². The molecule has 2 aliphatic rings. The Morgan fingerprint density at radius 2 is 0.617 bits per heavy atom. The fraction of sp³-hybridized carbons (Fsp3) is 0. The van der Waals surface area contributed by atoms with Crippen molar-refractivity contribution >= 4 is 56.1 Å². The minimum absolute atomic E-state index is 0.603. The normalized spacial score (nSPS) is 12.1. The molecular weight excluding hydrogens is 987 g/mol. The average Bonchev–Trinajstić information content (AvgIpc) is 3.87. The van der Waals surface area contributed by atoms with Gasteiger partial charge >= 0.3 is 0 Å². The van der Waals surface area contributed by atoms with Gasteiger partial charge in [0.1, 0.15) is 11.2 Å². The molecule has 0 atom stereocenters. The van der Waals surface area contributed by atoms with E-state index in [2.05, 4.69) is 222 Å². The van der Waals surface area contributed by atoms with Crippen LogP contribution >= 0.6 is 0 Å². The van der Waals surface area contributed by atoms with Crippen LogP contribution in [-0.2, 0) is 0 Å². The maximum atomic E-state index is 6.59. The number of furan rings is 1. The smallest absolute Gasteiger partial charge is 0.164 e. The van der Waals surface area contributed by atoms with Gasteiger partial charge in [0.25, 0.3) is 0 Å². The third-order valence-corrected chi connectivity index (χ3v) is 16.0. The maximum absolute atomic E-state index is 6.59. The van der Waals surface area contributed by atoms with E-state index >= 15 is 0 Å². The van der Waals surface area contributed by atoms with Crippen molar-refractivity contribution in [2.75, 3.05) is 9.80 Å². The van der Waals surface area contributed by atoms with Gasteiger partial charge in [0.2, 0.25) is 0 Å². The fourth-order valence-corrected chi connectivity index (χ4v) is 12.3. The van der Waals surface area contributed by atoms with Gasteiger partial charge in [0, 0.05) is 66.7 Å². The van der Waals surface area contributed by atoms with Gasteiger partial charge in [-0.2, -0.15) is 0 Å². The molecular formula is C75H47N5O. The summed E-state index contributed by atoms with van der Waals surface area (Å²) in [4.78, 5) is 20.1. The molecule has 0 N–H and O–H groups in total. The molecule has 14 aromatic rings. The number of anilines is 6. The van der Waals surface area contributed by atoms with E-state index in [4.69, 9.17) is 19.4 Å². The summed E-state index contributed by atoms with van der Waals surface area (Å²) in [7, 11) is 0. The highest BCUT2D eigenvalue weighted by atomic mass is 16.3. The van der Waals surface area contributed by atoms with Crippen molar-refractivity contribution in [2.24, 2.45) is 0 Å². The number of para-hydroxylation sites is 4. The van der Waals surface area contributed by atoms with Gasteiger partial charge in [-0.1, -0.05) is 218 Å². The molecule has 4 heterocycles. The Morgan fingerprint density at radius 3 is 1.17 bits per heavy atom. The lowest BCUT2D eigenvalue weighted by atomic mass is 9.90. The molecule has 6 heteroatoms. The highest BCUT2D eigenvalue weighted by Gasteiger charge is 2.30. The number of rotatable bonds is 7. The first-order chi connectivity index (χ1) is 40.2. The van der Waals surface area contributed by atoms with Crippen LogP contribution in [0.15, 0.2) is 290 Å². The van der Waals surface area contributed by atoms with Crippen LogP contribution in [0.2, 0.25) is 0 Å². The van der Waals surface area contributed by atoms with E-state index in [0.29, 0.717) is 17.5 Å². The van der Waals surface area contributed by atoms with E-state index < -0.39 is 0 Å². The topological polar surface area (TPSA) is 58.3 Å². The summed E-state index contributed by atoms with van der Waals surface area (Å²) in [5, 5.41) is 2.23. The Labute approximate surface area is 468 Å².